The molecule has 0 aliphatic heterocycles. The summed E-state index contributed by atoms with van der Waals surface area (Å²) < 4.78 is 19.2. The van der Waals surface area contributed by atoms with E-state index >= 15 is 0 Å². The minimum absolute atomic E-state index is 0.0800. The molecule has 2 unspecified atom stereocenters. The Kier molecular flexibility index (Phi) is 5.70. The summed E-state index contributed by atoms with van der Waals surface area (Å²) in [6.45, 7) is 11.7. The van der Waals surface area contributed by atoms with Gasteiger partial charge in [-0.3, -0.25) is 4.79 Å². The number of esters is 1. The molecular formula is C26H39FO3. The number of carbonyl (C=O) groups is 1. The van der Waals surface area contributed by atoms with Gasteiger partial charge in [-0.2, -0.15) is 0 Å². The summed E-state index contributed by atoms with van der Waals surface area (Å²) in [7, 11) is 0. The number of hydrogen-bond acceptors (Lipinski definition) is 3. The third-order valence-corrected chi connectivity index (χ3v) is 9.89. The zero-order valence-electron chi connectivity index (χ0n) is 19.1. The van der Waals surface area contributed by atoms with Crippen LogP contribution in [0, 0.1) is 40.4 Å². The molecule has 4 rings (SSSR count). The molecule has 0 spiro atoms. The number of aliphatic hydroxyl groups is 1. The van der Waals surface area contributed by atoms with Gasteiger partial charge in [-0.25, -0.2) is 4.39 Å². The van der Waals surface area contributed by atoms with Crippen LogP contribution in [0.25, 0.3) is 0 Å². The summed E-state index contributed by atoms with van der Waals surface area (Å²) >= 11 is 0. The fraction of sp³-hybridized carbons (Fsp3) is 0.808. The molecule has 0 aromatic carbocycles. The van der Waals surface area contributed by atoms with E-state index in [2.05, 4.69) is 26.5 Å². The van der Waals surface area contributed by atoms with Gasteiger partial charge in [0.05, 0.1) is 0 Å². The van der Waals surface area contributed by atoms with Crippen molar-refractivity contribution in [1.29, 1.82) is 0 Å². The van der Waals surface area contributed by atoms with Crippen LogP contribution in [-0.2, 0) is 9.53 Å². The average Bonchev–Trinajstić information content (AvgIpc) is 3.03. The van der Waals surface area contributed by atoms with E-state index in [-0.39, 0.29) is 23.4 Å². The SMILES string of the molecule is C=C(F)C(O)[C@H](C)[C@H]1CC[C@H]2C3=CCC4C[C@@H](OC(C)=O)CC[C@]4(C)[C@H]3CC[C@]12C. The van der Waals surface area contributed by atoms with Crippen molar-refractivity contribution in [1.82, 2.24) is 0 Å². The average molecular weight is 419 g/mol. The van der Waals surface area contributed by atoms with Crippen LogP contribution in [0.1, 0.15) is 79.1 Å². The maximum atomic E-state index is 13.7. The smallest absolute Gasteiger partial charge is 0.302 e. The standard InChI is InChI=1S/C26H39FO3/c1-15(24(29)16(2)27)21-8-9-22-20-7-6-18-14-19(30-17(3)28)10-12-25(18,4)23(20)11-13-26(21,22)5/h7,15,18-19,21-24,29H,2,6,8-14H2,1,3-5H3/t15-,18?,19+,21-,22+,23+,24?,25+,26-/m1/s1. The summed E-state index contributed by atoms with van der Waals surface area (Å²) in [4.78, 5) is 11.4. The molecule has 168 valence electrons. The Bertz CT molecular complexity index is 745. The topological polar surface area (TPSA) is 46.5 Å². The van der Waals surface area contributed by atoms with Crippen LogP contribution in [0.2, 0.25) is 0 Å². The Hall–Kier alpha value is -1.16. The number of ether oxygens (including phenoxy) is 1. The van der Waals surface area contributed by atoms with Crippen molar-refractivity contribution in [2.45, 2.75) is 91.3 Å². The fourth-order valence-electron chi connectivity index (χ4n) is 8.22. The van der Waals surface area contributed by atoms with E-state index in [0.717, 1.165) is 44.9 Å². The van der Waals surface area contributed by atoms with Gasteiger partial charge in [-0.05, 0) is 91.8 Å². The first-order chi connectivity index (χ1) is 14.1. The first kappa shape index (κ1) is 22.0. The van der Waals surface area contributed by atoms with Gasteiger partial charge in [-0.1, -0.05) is 39.0 Å². The third-order valence-electron chi connectivity index (χ3n) is 9.89. The van der Waals surface area contributed by atoms with Crippen LogP contribution in [0.3, 0.4) is 0 Å². The molecule has 4 aliphatic carbocycles. The third kappa shape index (κ3) is 3.38. The molecule has 4 heteroatoms. The lowest BCUT2D eigenvalue weighted by Crippen LogP contribution is -2.50. The van der Waals surface area contributed by atoms with E-state index in [9.17, 15) is 14.3 Å². The molecule has 0 heterocycles. The number of aliphatic hydroxyl groups excluding tert-OH is 1. The van der Waals surface area contributed by atoms with Gasteiger partial charge >= 0.3 is 5.97 Å². The van der Waals surface area contributed by atoms with Gasteiger partial charge < -0.3 is 9.84 Å². The Morgan fingerprint density at radius 3 is 2.53 bits per heavy atom. The summed E-state index contributed by atoms with van der Waals surface area (Å²) in [5.74, 6) is 1.23. The van der Waals surface area contributed by atoms with Crippen LogP contribution in [0.15, 0.2) is 24.1 Å². The lowest BCUT2D eigenvalue weighted by Gasteiger charge is -2.58. The first-order valence-corrected chi connectivity index (χ1v) is 12.0. The predicted octanol–water partition coefficient (Wildman–Crippen LogP) is 5.98. The van der Waals surface area contributed by atoms with E-state index in [0.29, 0.717) is 29.1 Å². The second kappa shape index (κ2) is 7.76. The second-order valence-corrected chi connectivity index (χ2v) is 11.2. The number of halogens is 1. The van der Waals surface area contributed by atoms with E-state index in [1.54, 1.807) is 5.57 Å². The highest BCUT2D eigenvalue weighted by Crippen LogP contribution is 2.67. The number of rotatable bonds is 4. The van der Waals surface area contributed by atoms with E-state index in [1.165, 1.54) is 13.3 Å². The van der Waals surface area contributed by atoms with Gasteiger partial charge in [-0.15, -0.1) is 0 Å². The van der Waals surface area contributed by atoms with Crippen molar-refractivity contribution in [3.05, 3.63) is 24.1 Å². The largest absolute Gasteiger partial charge is 0.463 e. The molecule has 30 heavy (non-hydrogen) atoms. The van der Waals surface area contributed by atoms with Gasteiger partial charge in [0, 0.05) is 6.92 Å². The summed E-state index contributed by atoms with van der Waals surface area (Å²) in [6, 6.07) is 0. The van der Waals surface area contributed by atoms with Gasteiger partial charge in [0.1, 0.15) is 18.0 Å². The maximum absolute atomic E-state index is 13.7. The Morgan fingerprint density at radius 2 is 1.87 bits per heavy atom. The van der Waals surface area contributed by atoms with Crippen molar-refractivity contribution in [2.24, 2.45) is 40.4 Å². The highest BCUT2D eigenvalue weighted by atomic mass is 19.1. The van der Waals surface area contributed by atoms with Crippen LogP contribution >= 0.6 is 0 Å². The number of carbonyl (C=O) groups excluding carboxylic acids is 1. The van der Waals surface area contributed by atoms with Crippen LogP contribution in [-0.4, -0.2) is 23.3 Å². The molecule has 3 saturated carbocycles. The molecule has 0 aromatic heterocycles. The molecule has 3 fully saturated rings. The molecule has 0 amide bonds. The van der Waals surface area contributed by atoms with Crippen LogP contribution in [0.4, 0.5) is 4.39 Å². The van der Waals surface area contributed by atoms with E-state index < -0.39 is 11.9 Å². The molecule has 0 radical (unpaired) electrons. The number of fused-ring (bicyclic) bond motifs is 5. The zero-order chi connectivity index (χ0) is 21.8. The highest BCUT2D eigenvalue weighted by Gasteiger charge is 2.58. The molecule has 4 aliphatic rings. The van der Waals surface area contributed by atoms with Crippen molar-refractivity contribution in [3.63, 3.8) is 0 Å². The fourth-order valence-corrected chi connectivity index (χ4v) is 8.22. The lowest BCUT2D eigenvalue weighted by atomic mass is 9.47. The molecule has 1 N–H and O–H groups in total. The highest BCUT2D eigenvalue weighted by molar-refractivity contribution is 5.66. The second-order valence-electron chi connectivity index (χ2n) is 11.2. The van der Waals surface area contributed by atoms with Crippen molar-refractivity contribution >= 4 is 5.97 Å². The van der Waals surface area contributed by atoms with E-state index in [4.69, 9.17) is 4.74 Å². The summed E-state index contributed by atoms with van der Waals surface area (Å²) in [6.07, 6.45) is 10.3. The Labute approximate surface area is 181 Å². The molecule has 0 bridgehead atoms. The van der Waals surface area contributed by atoms with Crippen molar-refractivity contribution < 1.29 is 19.0 Å². The zero-order valence-corrected chi connectivity index (χ0v) is 19.1. The molecular weight excluding hydrogens is 379 g/mol. The summed E-state index contributed by atoms with van der Waals surface area (Å²) in [5.41, 5.74) is 2.08. The monoisotopic (exact) mass is 418 g/mol. The normalized spacial score (nSPS) is 44.7. The van der Waals surface area contributed by atoms with Crippen molar-refractivity contribution in [2.75, 3.05) is 0 Å². The summed E-state index contributed by atoms with van der Waals surface area (Å²) in [5, 5.41) is 10.4. The van der Waals surface area contributed by atoms with Crippen LogP contribution < -0.4 is 0 Å². The maximum Gasteiger partial charge on any atom is 0.302 e. The molecule has 3 nitrogen and oxygen atoms in total. The van der Waals surface area contributed by atoms with Gasteiger partial charge in [0.25, 0.3) is 0 Å². The minimum atomic E-state index is -1.05. The number of hydrogen-bond donors (Lipinski definition) is 1. The van der Waals surface area contributed by atoms with Gasteiger partial charge in [0.15, 0.2) is 0 Å². The van der Waals surface area contributed by atoms with E-state index in [1.807, 2.05) is 6.92 Å². The quantitative estimate of drug-likeness (QED) is 0.451. The minimum Gasteiger partial charge on any atom is -0.463 e. The van der Waals surface area contributed by atoms with Gasteiger partial charge in [0.2, 0.25) is 0 Å². The molecule has 0 aromatic rings. The van der Waals surface area contributed by atoms with Crippen molar-refractivity contribution in [3.8, 4) is 0 Å². The Balaban J connectivity index is 1.56. The molecule has 9 atom stereocenters. The Morgan fingerprint density at radius 1 is 1.20 bits per heavy atom. The lowest BCUT2D eigenvalue weighted by molar-refractivity contribution is -0.152. The van der Waals surface area contributed by atoms with Crippen LogP contribution in [0.5, 0.6) is 0 Å². The number of allylic oxidation sites excluding steroid dienone is 2. The molecule has 0 saturated heterocycles. The predicted molar refractivity (Wildman–Crippen MR) is 116 cm³/mol. The first-order valence-electron chi connectivity index (χ1n) is 12.0.